The lowest BCUT2D eigenvalue weighted by Crippen LogP contribution is -2.41. The highest BCUT2D eigenvalue weighted by Gasteiger charge is 2.28. The number of carbonyl (C=O) groups is 1. The quantitative estimate of drug-likeness (QED) is 0.545. The maximum Gasteiger partial charge on any atom is 0.227 e. The molecule has 0 radical (unpaired) electrons. The molecule has 2 aliphatic rings. The number of anilines is 1. The van der Waals surface area contributed by atoms with Crippen LogP contribution < -0.4 is 9.64 Å². The monoisotopic (exact) mass is 476 g/mol. The van der Waals surface area contributed by atoms with Crippen LogP contribution in [0.1, 0.15) is 28.2 Å². The summed E-state index contributed by atoms with van der Waals surface area (Å²) >= 11 is 0. The van der Waals surface area contributed by atoms with E-state index in [4.69, 9.17) is 19.4 Å². The molecule has 0 aliphatic carbocycles. The van der Waals surface area contributed by atoms with Gasteiger partial charge in [-0.2, -0.15) is 0 Å². The van der Waals surface area contributed by atoms with Crippen molar-refractivity contribution in [3.05, 3.63) is 82.6 Å². The zero-order chi connectivity index (χ0) is 24.2. The van der Waals surface area contributed by atoms with Crippen molar-refractivity contribution in [3.8, 4) is 5.75 Å². The first-order valence-electron chi connectivity index (χ1n) is 12.0. The highest BCUT2D eigenvalue weighted by Crippen LogP contribution is 2.28. The molecule has 35 heavy (non-hydrogen) atoms. The Balaban J connectivity index is 1.39. The number of methoxy groups -OCH3 is 1. The van der Waals surface area contributed by atoms with Gasteiger partial charge in [0.15, 0.2) is 0 Å². The van der Waals surface area contributed by atoms with Crippen LogP contribution >= 0.6 is 0 Å². The molecule has 5 rings (SSSR count). The Bertz CT molecular complexity index is 1180. The maximum atomic E-state index is 13.2. The molecule has 7 nitrogen and oxygen atoms in total. The third-order valence-corrected chi connectivity index (χ3v) is 6.54. The summed E-state index contributed by atoms with van der Waals surface area (Å²) < 4.78 is 24.1. The van der Waals surface area contributed by atoms with Crippen LogP contribution in [0, 0.1) is 5.82 Å². The van der Waals surface area contributed by atoms with Gasteiger partial charge in [-0.05, 0) is 35.4 Å². The number of nitrogens with zero attached hydrogens (tertiary/aromatic N) is 4. The van der Waals surface area contributed by atoms with E-state index in [-0.39, 0.29) is 18.1 Å². The first kappa shape index (κ1) is 23.2. The Morgan fingerprint density at radius 2 is 1.71 bits per heavy atom. The molecule has 0 saturated carbocycles. The molecule has 1 saturated heterocycles. The van der Waals surface area contributed by atoms with Gasteiger partial charge in [0.2, 0.25) is 5.91 Å². The van der Waals surface area contributed by atoms with E-state index in [1.807, 2.05) is 29.2 Å². The second-order valence-electron chi connectivity index (χ2n) is 8.88. The molecule has 3 aromatic rings. The SMILES string of the molecule is COc1ccc(Cc2nc3c(c(N4CCOCC4)n2)CN(C(=O)Cc2ccc(F)cc2)CC3)cc1. The summed E-state index contributed by atoms with van der Waals surface area (Å²) in [7, 11) is 1.66. The van der Waals surface area contributed by atoms with Crippen molar-refractivity contribution in [3.63, 3.8) is 0 Å². The number of rotatable bonds is 6. The van der Waals surface area contributed by atoms with Crippen molar-refractivity contribution in [2.75, 3.05) is 44.9 Å². The molecule has 2 aliphatic heterocycles. The van der Waals surface area contributed by atoms with Gasteiger partial charge in [0, 0.05) is 38.0 Å². The molecular formula is C27H29FN4O3. The Kier molecular flexibility index (Phi) is 6.90. The van der Waals surface area contributed by atoms with Crippen molar-refractivity contribution in [2.24, 2.45) is 0 Å². The van der Waals surface area contributed by atoms with Gasteiger partial charge in [0.05, 0.1) is 39.0 Å². The van der Waals surface area contributed by atoms with Crippen LogP contribution in [0.25, 0.3) is 0 Å². The minimum Gasteiger partial charge on any atom is -0.497 e. The predicted octanol–water partition coefficient (Wildman–Crippen LogP) is 3.18. The molecule has 2 aromatic carbocycles. The Morgan fingerprint density at radius 1 is 1.00 bits per heavy atom. The number of hydrogen-bond donors (Lipinski definition) is 0. The first-order valence-corrected chi connectivity index (χ1v) is 12.0. The number of halogens is 1. The van der Waals surface area contributed by atoms with Crippen molar-refractivity contribution < 1.29 is 18.7 Å². The second-order valence-corrected chi connectivity index (χ2v) is 8.88. The largest absolute Gasteiger partial charge is 0.497 e. The fraction of sp³-hybridized carbons (Fsp3) is 0.370. The molecular weight excluding hydrogens is 447 g/mol. The number of fused-ring (bicyclic) bond motifs is 1. The Labute approximate surface area is 204 Å². The van der Waals surface area contributed by atoms with Gasteiger partial charge in [-0.15, -0.1) is 0 Å². The topological polar surface area (TPSA) is 67.8 Å². The summed E-state index contributed by atoms with van der Waals surface area (Å²) in [5, 5.41) is 0. The lowest BCUT2D eigenvalue weighted by Gasteiger charge is -2.34. The fourth-order valence-electron chi connectivity index (χ4n) is 4.59. The smallest absolute Gasteiger partial charge is 0.227 e. The van der Waals surface area contributed by atoms with Gasteiger partial charge < -0.3 is 19.3 Å². The summed E-state index contributed by atoms with van der Waals surface area (Å²) in [6.45, 7) is 3.91. The Morgan fingerprint density at radius 3 is 2.43 bits per heavy atom. The van der Waals surface area contributed by atoms with E-state index in [0.717, 1.165) is 52.9 Å². The van der Waals surface area contributed by atoms with Gasteiger partial charge in [-0.3, -0.25) is 4.79 Å². The molecule has 1 fully saturated rings. The highest BCUT2D eigenvalue weighted by molar-refractivity contribution is 5.79. The highest BCUT2D eigenvalue weighted by atomic mass is 19.1. The van der Waals surface area contributed by atoms with Crippen LogP contribution in [0.2, 0.25) is 0 Å². The van der Waals surface area contributed by atoms with Gasteiger partial charge in [0.1, 0.15) is 23.2 Å². The number of ether oxygens (including phenoxy) is 2. The summed E-state index contributed by atoms with van der Waals surface area (Å²) in [6.07, 6.45) is 1.56. The third-order valence-electron chi connectivity index (χ3n) is 6.54. The zero-order valence-electron chi connectivity index (χ0n) is 19.9. The lowest BCUT2D eigenvalue weighted by molar-refractivity contribution is -0.131. The molecule has 0 spiro atoms. The van der Waals surface area contributed by atoms with Crippen LogP contribution in [0.3, 0.4) is 0 Å². The number of hydrogen-bond acceptors (Lipinski definition) is 6. The van der Waals surface area contributed by atoms with Crippen LogP contribution in [0.5, 0.6) is 5.75 Å². The second kappa shape index (κ2) is 10.4. The average molecular weight is 477 g/mol. The first-order chi connectivity index (χ1) is 17.1. The number of aromatic nitrogens is 2. The molecule has 0 bridgehead atoms. The summed E-state index contributed by atoms with van der Waals surface area (Å²) in [4.78, 5) is 27.1. The van der Waals surface area contributed by atoms with Gasteiger partial charge in [-0.25, -0.2) is 14.4 Å². The van der Waals surface area contributed by atoms with E-state index in [1.165, 1.54) is 12.1 Å². The van der Waals surface area contributed by atoms with E-state index in [9.17, 15) is 9.18 Å². The number of carbonyl (C=O) groups excluding carboxylic acids is 1. The predicted molar refractivity (Wildman–Crippen MR) is 130 cm³/mol. The van der Waals surface area contributed by atoms with Crippen LogP contribution in [0.4, 0.5) is 10.2 Å². The number of amides is 1. The summed E-state index contributed by atoms with van der Waals surface area (Å²) in [5.41, 5.74) is 3.95. The third kappa shape index (κ3) is 5.43. The summed E-state index contributed by atoms with van der Waals surface area (Å²) in [6, 6.07) is 14.1. The molecule has 0 N–H and O–H groups in total. The molecule has 0 unspecified atom stereocenters. The molecule has 182 valence electrons. The lowest BCUT2D eigenvalue weighted by atomic mass is 10.0. The number of morpholine rings is 1. The minimum atomic E-state index is -0.300. The molecule has 0 atom stereocenters. The van der Waals surface area contributed by atoms with Crippen LogP contribution in [-0.2, 0) is 35.3 Å². The van der Waals surface area contributed by atoms with Gasteiger partial charge >= 0.3 is 0 Å². The standard InChI is InChI=1S/C27H29FN4O3/c1-34-22-8-4-19(5-9-22)16-25-29-24-10-11-32(26(33)17-20-2-6-21(28)7-3-20)18-23(24)27(30-25)31-12-14-35-15-13-31/h2-9H,10-18H2,1H3. The van der Waals surface area contributed by atoms with Crippen molar-refractivity contribution >= 4 is 11.7 Å². The average Bonchev–Trinajstić information content (AvgIpc) is 2.90. The van der Waals surface area contributed by atoms with E-state index in [1.54, 1.807) is 19.2 Å². The van der Waals surface area contributed by atoms with E-state index in [2.05, 4.69) is 4.90 Å². The number of benzene rings is 2. The van der Waals surface area contributed by atoms with E-state index < -0.39 is 0 Å². The minimum absolute atomic E-state index is 0.0255. The van der Waals surface area contributed by atoms with Gasteiger partial charge in [0.25, 0.3) is 0 Å². The van der Waals surface area contributed by atoms with Crippen LogP contribution in [-0.4, -0.2) is 60.7 Å². The fourth-order valence-corrected chi connectivity index (χ4v) is 4.59. The molecule has 1 amide bonds. The van der Waals surface area contributed by atoms with Crippen molar-refractivity contribution in [1.29, 1.82) is 0 Å². The molecule has 8 heteroatoms. The van der Waals surface area contributed by atoms with Crippen molar-refractivity contribution in [1.82, 2.24) is 14.9 Å². The van der Waals surface area contributed by atoms with E-state index in [0.29, 0.717) is 39.1 Å². The van der Waals surface area contributed by atoms with Gasteiger partial charge in [-0.1, -0.05) is 24.3 Å². The molecule has 3 heterocycles. The molecule has 1 aromatic heterocycles. The maximum absolute atomic E-state index is 13.2. The van der Waals surface area contributed by atoms with Crippen molar-refractivity contribution in [2.45, 2.75) is 25.8 Å². The normalized spacial score (nSPS) is 15.6. The summed E-state index contributed by atoms with van der Waals surface area (Å²) in [5.74, 6) is 2.23. The zero-order valence-corrected chi connectivity index (χ0v) is 19.9. The van der Waals surface area contributed by atoms with E-state index >= 15 is 0 Å². The van der Waals surface area contributed by atoms with Crippen LogP contribution in [0.15, 0.2) is 48.5 Å². The Hall–Kier alpha value is -3.52.